The highest BCUT2D eigenvalue weighted by molar-refractivity contribution is 7.89. The third-order valence-corrected chi connectivity index (χ3v) is 8.08. The summed E-state index contributed by atoms with van der Waals surface area (Å²) in [6, 6.07) is 11.0. The summed E-state index contributed by atoms with van der Waals surface area (Å²) in [5, 5.41) is 2.92. The lowest BCUT2D eigenvalue weighted by atomic mass is 9.99. The number of carbonyl (C=O) groups is 2. The van der Waals surface area contributed by atoms with Crippen LogP contribution >= 0.6 is 0 Å². The molecule has 1 atom stereocenters. The number of likely N-dealkylation sites (tertiary alicyclic amines) is 1. The Morgan fingerprint density at radius 1 is 1.03 bits per heavy atom. The van der Waals surface area contributed by atoms with Gasteiger partial charge in [-0.05, 0) is 43.7 Å². The number of carbonyl (C=O) groups excluding carboxylic acids is 2. The highest BCUT2D eigenvalue weighted by Crippen LogP contribution is 2.25. The van der Waals surface area contributed by atoms with Crippen molar-refractivity contribution in [3.8, 4) is 0 Å². The Balaban J connectivity index is 1.39. The van der Waals surface area contributed by atoms with E-state index in [2.05, 4.69) is 10.3 Å². The highest BCUT2D eigenvalue weighted by atomic mass is 32.2. The topological polar surface area (TPSA) is 103 Å². The number of aromatic nitrogens is 1. The molecule has 8 nitrogen and oxygen atoms in total. The first-order valence-electron chi connectivity index (χ1n) is 11.2. The second-order valence-corrected chi connectivity index (χ2v) is 10.4. The van der Waals surface area contributed by atoms with Crippen molar-refractivity contribution in [3.63, 3.8) is 0 Å². The van der Waals surface area contributed by atoms with Crippen LogP contribution in [0.5, 0.6) is 0 Å². The highest BCUT2D eigenvalue weighted by Gasteiger charge is 2.34. The van der Waals surface area contributed by atoms with E-state index in [4.69, 9.17) is 0 Å². The lowest BCUT2D eigenvalue weighted by Crippen LogP contribution is -2.45. The van der Waals surface area contributed by atoms with E-state index >= 15 is 0 Å². The van der Waals surface area contributed by atoms with Gasteiger partial charge in [-0.1, -0.05) is 30.3 Å². The van der Waals surface area contributed by atoms with Crippen LogP contribution in [0.3, 0.4) is 0 Å². The van der Waals surface area contributed by atoms with E-state index in [-0.39, 0.29) is 23.3 Å². The zero-order valence-corrected chi connectivity index (χ0v) is 18.9. The molecule has 0 spiro atoms. The number of amides is 2. The van der Waals surface area contributed by atoms with Gasteiger partial charge in [0.25, 0.3) is 5.91 Å². The summed E-state index contributed by atoms with van der Waals surface area (Å²) in [7, 11) is -3.79. The van der Waals surface area contributed by atoms with Gasteiger partial charge in [-0.25, -0.2) is 8.42 Å². The molecular formula is C23H30N4O4S. The molecule has 9 heteroatoms. The second-order valence-electron chi connectivity index (χ2n) is 8.51. The Morgan fingerprint density at radius 3 is 2.53 bits per heavy atom. The molecule has 0 aliphatic carbocycles. The van der Waals surface area contributed by atoms with Crippen molar-refractivity contribution in [2.24, 2.45) is 5.92 Å². The minimum absolute atomic E-state index is 0.0724. The fraction of sp³-hybridized carbons (Fsp3) is 0.478. The maximum atomic E-state index is 13.2. The Kier molecular flexibility index (Phi) is 6.95. The van der Waals surface area contributed by atoms with Gasteiger partial charge in [0.05, 0.1) is 5.92 Å². The van der Waals surface area contributed by atoms with Crippen LogP contribution in [0.15, 0.2) is 47.5 Å². The molecule has 2 fully saturated rings. The molecule has 1 aromatic carbocycles. The first-order valence-corrected chi connectivity index (χ1v) is 12.7. The van der Waals surface area contributed by atoms with Crippen molar-refractivity contribution < 1.29 is 18.0 Å². The van der Waals surface area contributed by atoms with Gasteiger partial charge >= 0.3 is 0 Å². The zero-order valence-electron chi connectivity index (χ0n) is 18.1. The monoisotopic (exact) mass is 458 g/mol. The Morgan fingerprint density at radius 2 is 1.78 bits per heavy atom. The number of nitrogens with one attached hydrogen (secondary N) is 2. The Hall–Kier alpha value is -2.65. The molecule has 0 unspecified atom stereocenters. The van der Waals surface area contributed by atoms with Crippen LogP contribution in [0.25, 0.3) is 0 Å². The van der Waals surface area contributed by atoms with Gasteiger partial charge in [-0.15, -0.1) is 0 Å². The molecular weight excluding hydrogens is 428 g/mol. The maximum Gasteiger partial charge on any atom is 0.270 e. The van der Waals surface area contributed by atoms with Gasteiger partial charge in [0.1, 0.15) is 10.6 Å². The van der Waals surface area contributed by atoms with E-state index in [1.54, 1.807) is 4.90 Å². The zero-order chi connectivity index (χ0) is 22.6. The minimum atomic E-state index is -3.79. The molecule has 0 bridgehead atoms. The van der Waals surface area contributed by atoms with Crippen LogP contribution in [0.2, 0.25) is 0 Å². The smallest absolute Gasteiger partial charge is 0.270 e. The van der Waals surface area contributed by atoms with Crippen molar-refractivity contribution in [1.82, 2.24) is 19.5 Å². The lowest BCUT2D eigenvalue weighted by Gasteiger charge is -2.31. The molecule has 0 radical (unpaired) electrons. The van der Waals surface area contributed by atoms with Gasteiger partial charge in [-0.2, -0.15) is 4.31 Å². The van der Waals surface area contributed by atoms with E-state index in [1.165, 1.54) is 16.6 Å². The molecule has 2 N–H and O–H groups in total. The van der Waals surface area contributed by atoms with E-state index in [1.807, 2.05) is 30.3 Å². The van der Waals surface area contributed by atoms with Crippen LogP contribution in [0, 0.1) is 5.92 Å². The molecule has 2 aliphatic rings. The van der Waals surface area contributed by atoms with Gasteiger partial charge in [0.15, 0.2) is 0 Å². The van der Waals surface area contributed by atoms with E-state index in [0.717, 1.165) is 24.8 Å². The fourth-order valence-corrected chi connectivity index (χ4v) is 5.89. The normalized spacial score (nSPS) is 20.1. The summed E-state index contributed by atoms with van der Waals surface area (Å²) in [6.45, 7) is 2.33. The number of H-pyrrole nitrogens is 1. The van der Waals surface area contributed by atoms with Gasteiger partial charge in [-0.3, -0.25) is 9.59 Å². The summed E-state index contributed by atoms with van der Waals surface area (Å²) in [5.41, 5.74) is 1.29. The summed E-state index contributed by atoms with van der Waals surface area (Å²) >= 11 is 0. The number of piperidine rings is 2. The third-order valence-electron chi connectivity index (χ3n) is 6.23. The van der Waals surface area contributed by atoms with Crippen molar-refractivity contribution in [2.75, 3.05) is 26.2 Å². The van der Waals surface area contributed by atoms with Crippen molar-refractivity contribution >= 4 is 21.8 Å². The average molecular weight is 459 g/mol. The molecule has 4 rings (SSSR count). The number of benzene rings is 1. The molecule has 32 heavy (non-hydrogen) atoms. The SMILES string of the molecule is O=C(NCc1ccccc1)[C@H]1CCCN(S(=O)(=O)c2c[nH]c(C(=O)N3CCCCC3)c2)C1. The van der Waals surface area contributed by atoms with E-state index in [9.17, 15) is 18.0 Å². The predicted octanol–water partition coefficient (Wildman–Crippen LogP) is 2.36. The van der Waals surface area contributed by atoms with Crippen molar-refractivity contribution in [1.29, 1.82) is 0 Å². The molecule has 2 amide bonds. The third kappa shape index (κ3) is 5.05. The molecule has 172 valence electrons. The van der Waals surface area contributed by atoms with Crippen molar-refractivity contribution in [2.45, 2.75) is 43.5 Å². The number of aromatic amines is 1. The largest absolute Gasteiger partial charge is 0.356 e. The standard InChI is InChI=1S/C23H30N4O4S/c28-22(25-15-18-8-3-1-4-9-18)19-10-7-13-27(17-19)32(30,31)20-14-21(24-16-20)23(29)26-11-5-2-6-12-26/h1,3-4,8-9,14,16,19,24H,2,5-7,10-13,15,17H2,(H,25,28)/t19-/m0/s1. The van der Waals surface area contributed by atoms with Crippen LogP contribution < -0.4 is 5.32 Å². The molecule has 1 aromatic heterocycles. The summed E-state index contributed by atoms with van der Waals surface area (Å²) in [6.07, 6.45) is 5.71. The van der Waals surface area contributed by atoms with Crippen LogP contribution in [-0.2, 0) is 21.4 Å². The molecule has 2 aromatic rings. The number of hydrogen-bond donors (Lipinski definition) is 2. The van der Waals surface area contributed by atoms with Crippen molar-refractivity contribution in [3.05, 3.63) is 53.9 Å². The van der Waals surface area contributed by atoms with E-state index < -0.39 is 15.9 Å². The number of hydrogen-bond acceptors (Lipinski definition) is 4. The fourth-order valence-electron chi connectivity index (χ4n) is 4.37. The summed E-state index contributed by atoms with van der Waals surface area (Å²) in [5.74, 6) is -0.692. The summed E-state index contributed by atoms with van der Waals surface area (Å²) < 4.78 is 27.8. The van der Waals surface area contributed by atoms with Gasteiger partial charge in [0.2, 0.25) is 15.9 Å². The van der Waals surface area contributed by atoms with Crippen LogP contribution in [0.4, 0.5) is 0 Å². The average Bonchev–Trinajstić information content (AvgIpc) is 3.35. The quantitative estimate of drug-likeness (QED) is 0.694. The van der Waals surface area contributed by atoms with Gasteiger partial charge in [0, 0.05) is 38.9 Å². The number of rotatable bonds is 6. The number of nitrogens with zero attached hydrogens (tertiary/aromatic N) is 2. The number of sulfonamides is 1. The van der Waals surface area contributed by atoms with Gasteiger partial charge < -0.3 is 15.2 Å². The summed E-state index contributed by atoms with van der Waals surface area (Å²) in [4.78, 5) is 30.0. The van der Waals surface area contributed by atoms with E-state index in [0.29, 0.717) is 44.7 Å². The maximum absolute atomic E-state index is 13.2. The first-order chi connectivity index (χ1) is 15.4. The Bertz CT molecular complexity index is 1040. The van der Waals surface area contributed by atoms with Crippen LogP contribution in [-0.4, -0.2) is 60.6 Å². The second kappa shape index (κ2) is 9.87. The molecule has 2 aliphatic heterocycles. The predicted molar refractivity (Wildman–Crippen MR) is 120 cm³/mol. The minimum Gasteiger partial charge on any atom is -0.356 e. The Labute approximate surface area is 189 Å². The molecule has 2 saturated heterocycles. The molecule has 0 saturated carbocycles. The molecule has 3 heterocycles. The first kappa shape index (κ1) is 22.5. The lowest BCUT2D eigenvalue weighted by molar-refractivity contribution is -0.126. The van der Waals surface area contributed by atoms with Crippen LogP contribution in [0.1, 0.15) is 48.2 Å².